The number of nitrogens with one attached hydrogen (secondary N) is 3. The van der Waals surface area contributed by atoms with Crippen molar-refractivity contribution in [2.75, 3.05) is 6.54 Å². The molecule has 3 N–H and O–H groups in total. The third-order valence-electron chi connectivity index (χ3n) is 3.16. The molecule has 0 rings (SSSR count). The zero-order valence-electron chi connectivity index (χ0n) is 18.8. The van der Waals surface area contributed by atoms with E-state index in [1.54, 1.807) is 48.5 Å². The van der Waals surface area contributed by atoms with Gasteiger partial charge in [0, 0.05) is 6.54 Å². The summed E-state index contributed by atoms with van der Waals surface area (Å²) in [5.74, 6) is -1.32. The molecule has 0 aliphatic carbocycles. The molecule has 0 bridgehead atoms. The maximum absolute atomic E-state index is 12.3. The van der Waals surface area contributed by atoms with Crippen LogP contribution in [0.5, 0.6) is 0 Å². The average molecular weight is 418 g/mol. The molecule has 0 aliphatic rings. The van der Waals surface area contributed by atoms with Crippen LogP contribution in [0, 0.1) is 0 Å². The Morgan fingerprint density at radius 3 is 1.69 bits per heavy atom. The second-order valence-electron chi connectivity index (χ2n) is 8.53. The minimum absolute atomic E-state index is 0.322. The molecular weight excluding hydrogens is 382 g/mol. The number of ether oxygens (including phenoxy) is 3. The molecule has 168 valence electrons. The number of hydrogen-bond donors (Lipinski definition) is 3. The molecule has 0 radical (unpaired) electrons. The van der Waals surface area contributed by atoms with Crippen molar-refractivity contribution in [3.05, 3.63) is 0 Å². The van der Waals surface area contributed by atoms with Gasteiger partial charge in [0.1, 0.15) is 29.4 Å². The first-order valence-electron chi connectivity index (χ1n) is 9.53. The van der Waals surface area contributed by atoms with E-state index in [9.17, 15) is 19.2 Å². The predicted octanol–water partition coefficient (Wildman–Crippen LogP) is 1.86. The third-order valence-corrected chi connectivity index (χ3v) is 3.16. The molecule has 0 aromatic heterocycles. The Kier molecular flexibility index (Phi) is 9.93. The van der Waals surface area contributed by atoms with Crippen LogP contribution in [0.15, 0.2) is 0 Å². The first-order chi connectivity index (χ1) is 13.1. The van der Waals surface area contributed by atoms with Crippen molar-refractivity contribution in [1.29, 1.82) is 0 Å². The lowest BCUT2D eigenvalue weighted by molar-refractivity contribution is -0.153. The Morgan fingerprint density at radius 2 is 1.28 bits per heavy atom. The molecule has 0 aliphatic heterocycles. The highest BCUT2D eigenvalue weighted by Crippen LogP contribution is 2.10. The molecule has 0 fully saturated rings. The van der Waals surface area contributed by atoms with Gasteiger partial charge >= 0.3 is 18.2 Å². The highest BCUT2D eigenvalue weighted by Gasteiger charge is 2.32. The van der Waals surface area contributed by atoms with Gasteiger partial charge in [-0.3, -0.25) is 4.79 Å². The van der Waals surface area contributed by atoms with Crippen molar-refractivity contribution in [3.8, 4) is 0 Å². The minimum Gasteiger partial charge on any atom is -0.458 e. The van der Waals surface area contributed by atoms with Gasteiger partial charge in [-0.05, 0) is 62.3 Å². The zero-order chi connectivity index (χ0) is 23.0. The number of likely N-dealkylation sites (N-methyl/N-ethyl adjacent to an activating group) is 1. The van der Waals surface area contributed by atoms with Crippen LogP contribution >= 0.6 is 0 Å². The lowest BCUT2D eigenvalue weighted by Gasteiger charge is -2.27. The summed E-state index contributed by atoms with van der Waals surface area (Å²) in [5.41, 5.74) is -1.48. The van der Waals surface area contributed by atoms with Crippen LogP contribution in [-0.2, 0) is 23.8 Å². The molecule has 0 unspecified atom stereocenters. The molecule has 29 heavy (non-hydrogen) atoms. The van der Waals surface area contributed by atoms with Crippen LogP contribution < -0.4 is 16.0 Å². The van der Waals surface area contributed by atoms with Gasteiger partial charge in [-0.25, -0.2) is 14.4 Å². The van der Waals surface area contributed by atoms with E-state index in [0.29, 0.717) is 6.54 Å². The number of amides is 3. The molecule has 0 aromatic carbocycles. The lowest BCUT2D eigenvalue weighted by atomic mass is 10.1. The molecule has 10 heteroatoms. The van der Waals surface area contributed by atoms with Crippen LogP contribution in [0.2, 0.25) is 0 Å². The Hall–Kier alpha value is -2.52. The fourth-order valence-corrected chi connectivity index (χ4v) is 2.01. The van der Waals surface area contributed by atoms with E-state index in [4.69, 9.17) is 14.2 Å². The summed E-state index contributed by atoms with van der Waals surface area (Å²) in [4.78, 5) is 48.4. The summed E-state index contributed by atoms with van der Waals surface area (Å²) in [7, 11) is 0. The quantitative estimate of drug-likeness (QED) is 0.425. The van der Waals surface area contributed by atoms with Crippen LogP contribution in [0.4, 0.5) is 9.59 Å². The first-order valence-corrected chi connectivity index (χ1v) is 9.53. The lowest BCUT2D eigenvalue weighted by Crippen LogP contribution is -2.55. The van der Waals surface area contributed by atoms with Gasteiger partial charge in [-0.1, -0.05) is 0 Å². The highest BCUT2D eigenvalue weighted by atomic mass is 16.6. The van der Waals surface area contributed by atoms with Gasteiger partial charge in [0.2, 0.25) is 5.91 Å². The monoisotopic (exact) mass is 417 g/mol. The SMILES string of the molecule is CCNC(=O)[C@@H](NC(=O)OC(C)(C)C)[C@@H](C)OC(=O)[C@H](C)NC(=O)OC(C)(C)C. The summed E-state index contributed by atoms with van der Waals surface area (Å²) in [6.07, 6.45) is -2.62. The maximum atomic E-state index is 12.3. The normalized spacial score (nSPS) is 14.7. The van der Waals surface area contributed by atoms with Gasteiger partial charge in [0.05, 0.1) is 0 Å². The third kappa shape index (κ3) is 11.8. The molecular formula is C19H35N3O7. The van der Waals surface area contributed by atoms with Crippen molar-refractivity contribution >= 4 is 24.1 Å². The van der Waals surface area contributed by atoms with E-state index in [0.717, 1.165) is 0 Å². The van der Waals surface area contributed by atoms with E-state index in [2.05, 4.69) is 16.0 Å². The Bertz CT molecular complexity index is 594. The molecule has 3 amide bonds. The summed E-state index contributed by atoms with van der Waals surface area (Å²) in [6, 6.07) is -2.20. The second-order valence-corrected chi connectivity index (χ2v) is 8.53. The second kappa shape index (κ2) is 10.9. The summed E-state index contributed by atoms with van der Waals surface area (Å²) in [6.45, 7) is 15.0. The van der Waals surface area contributed by atoms with Gasteiger partial charge in [0.25, 0.3) is 0 Å². The number of carbonyl (C=O) groups is 4. The van der Waals surface area contributed by atoms with Crippen molar-refractivity contribution in [2.45, 2.75) is 91.7 Å². The molecule has 0 saturated heterocycles. The summed E-state index contributed by atoms with van der Waals surface area (Å²) >= 11 is 0. The first kappa shape index (κ1) is 26.5. The maximum Gasteiger partial charge on any atom is 0.408 e. The van der Waals surface area contributed by atoms with E-state index < -0.39 is 53.5 Å². The predicted molar refractivity (Wildman–Crippen MR) is 106 cm³/mol. The topological polar surface area (TPSA) is 132 Å². The van der Waals surface area contributed by atoms with Gasteiger partial charge in [-0.2, -0.15) is 0 Å². The van der Waals surface area contributed by atoms with E-state index >= 15 is 0 Å². The zero-order valence-corrected chi connectivity index (χ0v) is 18.8. The van der Waals surface area contributed by atoms with Gasteiger partial charge in [-0.15, -0.1) is 0 Å². The van der Waals surface area contributed by atoms with E-state index in [-0.39, 0.29) is 0 Å². The van der Waals surface area contributed by atoms with Crippen LogP contribution in [0.3, 0.4) is 0 Å². The Morgan fingerprint density at radius 1 is 0.828 bits per heavy atom. The van der Waals surface area contributed by atoms with Crippen molar-refractivity contribution < 1.29 is 33.4 Å². The van der Waals surface area contributed by atoms with Crippen molar-refractivity contribution in [1.82, 2.24) is 16.0 Å². The number of rotatable bonds is 7. The molecule has 10 nitrogen and oxygen atoms in total. The number of alkyl carbamates (subject to hydrolysis) is 2. The smallest absolute Gasteiger partial charge is 0.408 e. The largest absolute Gasteiger partial charge is 0.458 e. The Balaban J connectivity index is 5.03. The molecule has 0 saturated carbocycles. The number of hydrogen-bond acceptors (Lipinski definition) is 7. The fraction of sp³-hybridized carbons (Fsp3) is 0.789. The minimum atomic E-state index is -1.18. The molecule has 0 heterocycles. The van der Waals surface area contributed by atoms with Crippen LogP contribution in [0.25, 0.3) is 0 Å². The summed E-state index contributed by atoms with van der Waals surface area (Å²) < 4.78 is 15.5. The Labute approximate surface area is 172 Å². The molecule has 0 aromatic rings. The van der Waals surface area contributed by atoms with Crippen LogP contribution in [-0.4, -0.2) is 60.0 Å². The van der Waals surface area contributed by atoms with Gasteiger partial charge in [0.15, 0.2) is 0 Å². The summed E-state index contributed by atoms with van der Waals surface area (Å²) in [5, 5.41) is 7.33. The van der Waals surface area contributed by atoms with Crippen molar-refractivity contribution in [3.63, 3.8) is 0 Å². The molecule has 3 atom stereocenters. The van der Waals surface area contributed by atoms with E-state index in [1.165, 1.54) is 13.8 Å². The van der Waals surface area contributed by atoms with Crippen LogP contribution in [0.1, 0.15) is 62.3 Å². The van der Waals surface area contributed by atoms with Crippen molar-refractivity contribution in [2.24, 2.45) is 0 Å². The standard InChI is InChI=1S/C19H35N3O7/c1-10-20-14(23)13(22-17(26)29-19(7,8)9)12(3)27-15(24)11(2)21-16(25)28-18(4,5)6/h11-13H,10H2,1-9H3,(H,20,23)(H,21,25)(H,22,26)/t11-,12+,13-/m0/s1. The van der Waals surface area contributed by atoms with Gasteiger partial charge < -0.3 is 30.2 Å². The molecule has 0 spiro atoms. The average Bonchev–Trinajstić information content (AvgIpc) is 2.48. The van der Waals surface area contributed by atoms with E-state index in [1.807, 2.05) is 0 Å². The number of esters is 1. The fourth-order valence-electron chi connectivity index (χ4n) is 2.01. The number of carbonyl (C=O) groups excluding carboxylic acids is 4. The highest BCUT2D eigenvalue weighted by molar-refractivity contribution is 5.87.